The fourth-order valence-corrected chi connectivity index (χ4v) is 2.86. The number of hydrogen-bond donors (Lipinski definition) is 1. The normalized spacial score (nSPS) is 21.1. The van der Waals surface area contributed by atoms with Crippen molar-refractivity contribution in [2.45, 2.75) is 24.7 Å². The van der Waals surface area contributed by atoms with E-state index in [1.165, 1.54) is 35.5 Å². The van der Waals surface area contributed by atoms with Gasteiger partial charge in [-0.25, -0.2) is 0 Å². The van der Waals surface area contributed by atoms with E-state index in [4.69, 9.17) is 0 Å². The summed E-state index contributed by atoms with van der Waals surface area (Å²) in [4.78, 5) is 14.0. The van der Waals surface area contributed by atoms with Crippen molar-refractivity contribution < 1.29 is 23.1 Å². The van der Waals surface area contributed by atoms with E-state index >= 15 is 0 Å². The van der Waals surface area contributed by atoms with Gasteiger partial charge in [0, 0.05) is 6.54 Å². The molecule has 8 heteroatoms. The van der Waals surface area contributed by atoms with E-state index in [0.29, 0.717) is 5.56 Å². The molecule has 1 fully saturated rings. The number of carbonyl (C=O) groups excluding carboxylic acids is 1. The van der Waals surface area contributed by atoms with Crippen molar-refractivity contribution in [1.29, 1.82) is 0 Å². The van der Waals surface area contributed by atoms with Gasteiger partial charge in [0.05, 0.1) is 35.7 Å². The Kier molecular flexibility index (Phi) is 4.23. The number of benzene rings is 1. The van der Waals surface area contributed by atoms with Gasteiger partial charge in [-0.3, -0.25) is 4.79 Å². The van der Waals surface area contributed by atoms with E-state index in [1.54, 1.807) is 0 Å². The molecule has 1 aromatic carbocycles. The molecular formula is C16H14F3N3O2. The molecule has 1 aliphatic heterocycles. The number of carbonyl (C=O) groups is 1. The quantitative estimate of drug-likeness (QED) is 0.914. The first-order chi connectivity index (χ1) is 11.4. The zero-order valence-corrected chi connectivity index (χ0v) is 12.4. The predicted molar refractivity (Wildman–Crippen MR) is 77.9 cm³/mol. The first-order valence-corrected chi connectivity index (χ1v) is 7.29. The molecule has 1 amide bonds. The number of hydrogen-bond acceptors (Lipinski definition) is 4. The van der Waals surface area contributed by atoms with E-state index in [9.17, 15) is 23.1 Å². The topological polar surface area (TPSA) is 66.3 Å². The molecule has 1 N–H and O–H groups in total. The van der Waals surface area contributed by atoms with Crippen molar-refractivity contribution in [3.05, 3.63) is 59.4 Å². The number of aliphatic hydroxyl groups is 1. The molecule has 0 unspecified atom stereocenters. The summed E-state index contributed by atoms with van der Waals surface area (Å²) in [6.45, 7) is 0.0576. The lowest BCUT2D eigenvalue weighted by Crippen LogP contribution is -2.32. The van der Waals surface area contributed by atoms with Crippen molar-refractivity contribution in [3.63, 3.8) is 0 Å². The van der Waals surface area contributed by atoms with Crippen LogP contribution < -0.4 is 0 Å². The smallest absolute Gasteiger partial charge is 0.391 e. The maximum absolute atomic E-state index is 12.9. The minimum atomic E-state index is -4.46. The second kappa shape index (κ2) is 6.20. The van der Waals surface area contributed by atoms with Crippen LogP contribution in [0, 0.1) is 0 Å². The molecule has 2 aromatic rings. The minimum Gasteiger partial charge on any atom is -0.391 e. The van der Waals surface area contributed by atoms with Crippen LogP contribution in [0.15, 0.2) is 42.7 Å². The lowest BCUT2D eigenvalue weighted by atomic mass is 10.0. The van der Waals surface area contributed by atoms with Crippen LogP contribution in [0.3, 0.4) is 0 Å². The average Bonchev–Trinajstić information content (AvgIpc) is 2.96. The maximum Gasteiger partial charge on any atom is 0.416 e. The van der Waals surface area contributed by atoms with Crippen LogP contribution in [0.2, 0.25) is 0 Å². The number of rotatable bonds is 2. The van der Waals surface area contributed by atoms with E-state index in [-0.39, 0.29) is 18.5 Å². The van der Waals surface area contributed by atoms with Gasteiger partial charge in [-0.1, -0.05) is 12.1 Å². The summed E-state index contributed by atoms with van der Waals surface area (Å²) in [5.74, 6) is -0.399. The van der Waals surface area contributed by atoms with Gasteiger partial charge in [0.25, 0.3) is 5.91 Å². The Balaban J connectivity index is 1.93. The molecule has 1 aromatic heterocycles. The van der Waals surface area contributed by atoms with Crippen LogP contribution in [-0.2, 0) is 6.18 Å². The fraction of sp³-hybridized carbons (Fsp3) is 0.312. The van der Waals surface area contributed by atoms with E-state index in [1.807, 2.05) is 0 Å². The molecule has 0 aliphatic carbocycles. The van der Waals surface area contributed by atoms with Crippen molar-refractivity contribution >= 4 is 5.91 Å². The highest BCUT2D eigenvalue weighted by molar-refractivity contribution is 5.94. The third kappa shape index (κ3) is 3.23. The molecule has 126 valence electrons. The van der Waals surface area contributed by atoms with Gasteiger partial charge in [0.2, 0.25) is 0 Å². The number of halogens is 3. The predicted octanol–water partition coefficient (Wildman–Crippen LogP) is 2.44. The third-order valence-electron chi connectivity index (χ3n) is 3.97. The zero-order valence-electron chi connectivity index (χ0n) is 12.4. The van der Waals surface area contributed by atoms with Crippen molar-refractivity contribution in [2.24, 2.45) is 0 Å². The standard InChI is InChI=1S/C16H14F3N3O2/c17-16(18,19)12-3-1-2-10(6-12)14-7-13(23)9-22(14)15(24)11-4-5-20-21-8-11/h1-6,8,13-14,23H,7,9H2/t13-,14-/m1/s1. The zero-order chi connectivity index (χ0) is 17.3. The largest absolute Gasteiger partial charge is 0.416 e. The molecule has 0 spiro atoms. The first-order valence-electron chi connectivity index (χ1n) is 7.29. The van der Waals surface area contributed by atoms with Gasteiger partial charge in [-0.2, -0.15) is 23.4 Å². The Morgan fingerprint density at radius 2 is 2.04 bits per heavy atom. The van der Waals surface area contributed by atoms with Gasteiger partial charge in [0.1, 0.15) is 0 Å². The molecule has 2 atom stereocenters. The summed E-state index contributed by atoms with van der Waals surface area (Å²) < 4.78 is 38.7. The van der Waals surface area contributed by atoms with Gasteiger partial charge in [-0.05, 0) is 30.2 Å². The van der Waals surface area contributed by atoms with Crippen molar-refractivity contribution in [2.75, 3.05) is 6.54 Å². The molecule has 0 saturated carbocycles. The number of aromatic nitrogens is 2. The van der Waals surface area contributed by atoms with E-state index in [2.05, 4.69) is 10.2 Å². The number of amides is 1. The summed E-state index contributed by atoms with van der Waals surface area (Å²) >= 11 is 0. The number of nitrogens with zero attached hydrogens (tertiary/aromatic N) is 3. The summed E-state index contributed by atoms with van der Waals surface area (Å²) in [6, 6.07) is 5.69. The van der Waals surface area contributed by atoms with Crippen LogP contribution >= 0.6 is 0 Å². The van der Waals surface area contributed by atoms with Crippen LogP contribution in [0.25, 0.3) is 0 Å². The third-order valence-corrected chi connectivity index (χ3v) is 3.97. The molecule has 0 bridgehead atoms. The number of aliphatic hydroxyl groups excluding tert-OH is 1. The molecule has 3 rings (SSSR count). The Morgan fingerprint density at radius 1 is 1.25 bits per heavy atom. The first kappa shape index (κ1) is 16.4. The van der Waals surface area contributed by atoms with Gasteiger partial charge in [0.15, 0.2) is 0 Å². The second-order valence-corrected chi connectivity index (χ2v) is 5.62. The molecule has 5 nitrogen and oxygen atoms in total. The lowest BCUT2D eigenvalue weighted by molar-refractivity contribution is -0.137. The molecular weight excluding hydrogens is 323 g/mol. The van der Waals surface area contributed by atoms with Gasteiger partial charge in [-0.15, -0.1) is 0 Å². The molecule has 24 heavy (non-hydrogen) atoms. The Bertz CT molecular complexity index is 737. The molecule has 2 heterocycles. The highest BCUT2D eigenvalue weighted by Gasteiger charge is 2.37. The molecule has 0 radical (unpaired) electrons. The lowest BCUT2D eigenvalue weighted by Gasteiger charge is -2.25. The van der Waals surface area contributed by atoms with Crippen LogP contribution in [0.4, 0.5) is 13.2 Å². The molecule has 1 saturated heterocycles. The summed E-state index contributed by atoms with van der Waals surface area (Å²) in [5, 5.41) is 17.1. The summed E-state index contributed by atoms with van der Waals surface area (Å²) in [5.41, 5.74) is -0.160. The average molecular weight is 337 g/mol. The van der Waals surface area contributed by atoms with Crippen molar-refractivity contribution in [1.82, 2.24) is 15.1 Å². The Labute approximate surface area is 135 Å². The van der Waals surface area contributed by atoms with Gasteiger partial charge >= 0.3 is 6.18 Å². The number of alkyl halides is 3. The van der Waals surface area contributed by atoms with E-state index in [0.717, 1.165) is 12.1 Å². The van der Waals surface area contributed by atoms with Crippen LogP contribution in [0.5, 0.6) is 0 Å². The Hall–Kier alpha value is -2.48. The van der Waals surface area contributed by atoms with Crippen LogP contribution in [-0.4, -0.2) is 38.8 Å². The minimum absolute atomic E-state index is 0.0576. The second-order valence-electron chi connectivity index (χ2n) is 5.62. The fourth-order valence-electron chi connectivity index (χ4n) is 2.86. The molecule has 1 aliphatic rings. The van der Waals surface area contributed by atoms with Gasteiger partial charge < -0.3 is 10.0 Å². The maximum atomic E-state index is 12.9. The van der Waals surface area contributed by atoms with Crippen LogP contribution in [0.1, 0.15) is 33.9 Å². The highest BCUT2D eigenvalue weighted by Crippen LogP contribution is 2.36. The highest BCUT2D eigenvalue weighted by atomic mass is 19.4. The number of likely N-dealkylation sites (tertiary alicyclic amines) is 1. The summed E-state index contributed by atoms with van der Waals surface area (Å²) in [7, 11) is 0. The van der Waals surface area contributed by atoms with E-state index < -0.39 is 29.8 Å². The SMILES string of the molecule is O=C(c1ccnnc1)N1C[C@H](O)C[C@@H]1c1cccc(C(F)(F)F)c1. The monoisotopic (exact) mass is 337 g/mol. The number of β-amino-alcohol motifs (C(OH)–C–C–N with tert-alkyl or cyclic N) is 1. The Morgan fingerprint density at radius 3 is 2.71 bits per heavy atom. The van der Waals surface area contributed by atoms with Crippen molar-refractivity contribution in [3.8, 4) is 0 Å². The summed E-state index contributed by atoms with van der Waals surface area (Å²) in [6.07, 6.45) is -2.42.